The second-order valence-electron chi connectivity index (χ2n) is 3.59. The van der Waals surface area contributed by atoms with Gasteiger partial charge in [0.2, 0.25) is 0 Å². The summed E-state index contributed by atoms with van der Waals surface area (Å²) < 4.78 is 13.1. The lowest BCUT2D eigenvalue weighted by molar-refractivity contribution is 0.628. The molecule has 3 rings (SSSR count). The van der Waals surface area contributed by atoms with Gasteiger partial charge in [-0.2, -0.15) is 5.10 Å². The topological polar surface area (TPSA) is 80.5 Å². The molecule has 0 aliphatic carbocycles. The molecule has 0 unspecified atom stereocenters. The number of aromatic amines is 1. The van der Waals surface area contributed by atoms with Crippen LogP contribution < -0.4 is 5.73 Å². The van der Waals surface area contributed by atoms with Crippen LogP contribution in [0.2, 0.25) is 0 Å². The van der Waals surface area contributed by atoms with Crippen LogP contribution >= 0.6 is 0 Å². The Balaban J connectivity index is 2.22. The molecule has 17 heavy (non-hydrogen) atoms. The molecule has 0 spiro atoms. The first kappa shape index (κ1) is 9.71. The number of nitrogens with one attached hydrogen (secondary N) is 1. The zero-order chi connectivity index (χ0) is 11.8. The molecule has 3 N–H and O–H groups in total. The van der Waals surface area contributed by atoms with Crippen molar-refractivity contribution < 1.29 is 4.39 Å². The Morgan fingerprint density at radius 1 is 1.29 bits per heavy atom. The van der Waals surface area contributed by atoms with Gasteiger partial charge in [0.15, 0.2) is 5.82 Å². The molecule has 0 amide bonds. The van der Waals surface area contributed by atoms with E-state index in [0.717, 1.165) is 0 Å². The number of nitrogens with zero attached hydrogens (tertiary/aromatic N) is 3. The first-order valence-corrected chi connectivity index (χ1v) is 4.97. The minimum absolute atomic E-state index is 0.251. The molecule has 2 heterocycles. The maximum absolute atomic E-state index is 13.1. The second-order valence-corrected chi connectivity index (χ2v) is 3.59. The van der Waals surface area contributed by atoms with Crippen molar-refractivity contribution in [1.29, 1.82) is 0 Å². The van der Waals surface area contributed by atoms with E-state index in [1.807, 2.05) is 0 Å². The van der Waals surface area contributed by atoms with Gasteiger partial charge in [-0.1, -0.05) is 12.1 Å². The number of nitrogen functional groups attached to an aromatic ring is 1. The fourth-order valence-corrected chi connectivity index (χ4v) is 1.64. The van der Waals surface area contributed by atoms with E-state index in [-0.39, 0.29) is 11.6 Å². The third kappa shape index (κ3) is 1.59. The van der Waals surface area contributed by atoms with Gasteiger partial charge >= 0.3 is 0 Å². The molecule has 0 aliphatic rings. The van der Waals surface area contributed by atoms with Crippen molar-refractivity contribution in [3.8, 4) is 11.4 Å². The monoisotopic (exact) mass is 229 g/mol. The van der Waals surface area contributed by atoms with Gasteiger partial charge in [0.1, 0.15) is 17.2 Å². The summed E-state index contributed by atoms with van der Waals surface area (Å²) in [5.74, 6) is 0.481. The molecule has 0 fully saturated rings. The summed E-state index contributed by atoms with van der Waals surface area (Å²) in [5.41, 5.74) is 7.52. The summed E-state index contributed by atoms with van der Waals surface area (Å²) >= 11 is 0. The second kappa shape index (κ2) is 3.51. The largest absolute Gasteiger partial charge is 0.380 e. The van der Waals surface area contributed by atoms with Crippen molar-refractivity contribution in [2.45, 2.75) is 0 Å². The number of halogens is 1. The van der Waals surface area contributed by atoms with Crippen LogP contribution in [0.5, 0.6) is 0 Å². The van der Waals surface area contributed by atoms with Gasteiger partial charge in [-0.05, 0) is 12.1 Å². The van der Waals surface area contributed by atoms with Crippen molar-refractivity contribution in [1.82, 2.24) is 20.2 Å². The van der Waals surface area contributed by atoms with Gasteiger partial charge in [-0.3, -0.25) is 0 Å². The molecule has 0 aliphatic heterocycles. The van der Waals surface area contributed by atoms with E-state index >= 15 is 0 Å². The van der Waals surface area contributed by atoms with Crippen molar-refractivity contribution >= 4 is 16.9 Å². The minimum atomic E-state index is -0.313. The highest BCUT2D eigenvalue weighted by atomic mass is 19.1. The average Bonchev–Trinajstić information content (AvgIpc) is 2.74. The number of nitrogens with two attached hydrogens (primary N) is 1. The summed E-state index contributed by atoms with van der Waals surface area (Å²) in [6.45, 7) is 0. The predicted octanol–water partition coefficient (Wildman–Crippen LogP) is 1.74. The predicted molar refractivity (Wildman–Crippen MR) is 61.5 cm³/mol. The molecule has 84 valence electrons. The summed E-state index contributed by atoms with van der Waals surface area (Å²) in [5, 5.41) is 7.42. The highest BCUT2D eigenvalue weighted by molar-refractivity contribution is 5.86. The van der Waals surface area contributed by atoms with Crippen LogP contribution in [0.4, 0.5) is 10.2 Å². The number of rotatable bonds is 1. The molecule has 6 heteroatoms. The van der Waals surface area contributed by atoms with E-state index in [1.54, 1.807) is 12.1 Å². The van der Waals surface area contributed by atoms with Gasteiger partial charge < -0.3 is 10.7 Å². The standard InChI is InChI=1S/C11H8FN5/c12-7-3-1-2-6(4-7)11-15-8-5-14-17-10(13)9(8)16-11/h1-5H,(H2,13,17)(H,15,16). The van der Waals surface area contributed by atoms with Gasteiger partial charge in [0.05, 0.1) is 11.7 Å². The minimum Gasteiger partial charge on any atom is -0.380 e. The Hall–Kier alpha value is -2.50. The molecule has 0 saturated heterocycles. The molecular formula is C11H8FN5. The quantitative estimate of drug-likeness (QED) is 0.666. The van der Waals surface area contributed by atoms with Crippen molar-refractivity contribution in [2.24, 2.45) is 0 Å². The SMILES string of the molecule is Nc1nncc2[nH]c(-c3cccc(F)c3)nc12. The number of benzene rings is 1. The van der Waals surface area contributed by atoms with Crippen LogP contribution in [0.25, 0.3) is 22.4 Å². The zero-order valence-electron chi connectivity index (χ0n) is 8.68. The number of hydrogen-bond acceptors (Lipinski definition) is 4. The first-order chi connectivity index (χ1) is 8.24. The first-order valence-electron chi connectivity index (χ1n) is 4.97. The van der Waals surface area contributed by atoms with Crippen molar-refractivity contribution in [3.05, 3.63) is 36.3 Å². The number of hydrogen-bond donors (Lipinski definition) is 2. The number of fused-ring (bicyclic) bond motifs is 1. The normalized spacial score (nSPS) is 10.9. The molecule has 0 saturated carbocycles. The Morgan fingerprint density at radius 2 is 2.18 bits per heavy atom. The lowest BCUT2D eigenvalue weighted by Gasteiger charge is -1.95. The van der Waals surface area contributed by atoms with E-state index in [2.05, 4.69) is 20.2 Å². The van der Waals surface area contributed by atoms with Crippen molar-refractivity contribution in [2.75, 3.05) is 5.73 Å². The molecule has 0 radical (unpaired) electrons. The smallest absolute Gasteiger partial charge is 0.174 e. The number of imidazole rings is 1. The van der Waals surface area contributed by atoms with Crippen LogP contribution in [0, 0.1) is 5.82 Å². The molecule has 3 aromatic rings. The van der Waals surface area contributed by atoms with Crippen LogP contribution in [-0.4, -0.2) is 20.2 Å². The van der Waals surface area contributed by atoms with E-state index in [4.69, 9.17) is 5.73 Å². The van der Waals surface area contributed by atoms with Crippen LogP contribution in [0.3, 0.4) is 0 Å². The fraction of sp³-hybridized carbons (Fsp3) is 0. The maximum Gasteiger partial charge on any atom is 0.174 e. The van der Waals surface area contributed by atoms with Crippen molar-refractivity contribution in [3.63, 3.8) is 0 Å². The van der Waals surface area contributed by atoms with Crippen LogP contribution in [0.15, 0.2) is 30.5 Å². The number of anilines is 1. The Labute approximate surface area is 95.5 Å². The summed E-state index contributed by atoms with van der Waals surface area (Å²) in [6.07, 6.45) is 1.53. The molecular weight excluding hydrogens is 221 g/mol. The average molecular weight is 229 g/mol. The van der Waals surface area contributed by atoms with Gasteiger partial charge in [0, 0.05) is 5.56 Å². The molecule has 1 aromatic carbocycles. The molecule has 0 atom stereocenters. The van der Waals surface area contributed by atoms with Gasteiger partial charge in [-0.25, -0.2) is 9.37 Å². The third-order valence-electron chi connectivity index (χ3n) is 2.42. The highest BCUT2D eigenvalue weighted by Crippen LogP contribution is 2.22. The van der Waals surface area contributed by atoms with Crippen LogP contribution in [-0.2, 0) is 0 Å². The number of H-pyrrole nitrogens is 1. The van der Waals surface area contributed by atoms with E-state index in [9.17, 15) is 4.39 Å². The lowest BCUT2D eigenvalue weighted by Crippen LogP contribution is -1.92. The number of aromatic nitrogens is 4. The highest BCUT2D eigenvalue weighted by Gasteiger charge is 2.08. The molecule has 0 bridgehead atoms. The van der Waals surface area contributed by atoms with E-state index < -0.39 is 0 Å². The van der Waals surface area contributed by atoms with Gasteiger partial charge in [0.25, 0.3) is 0 Å². The molecule has 5 nitrogen and oxygen atoms in total. The fourth-order valence-electron chi connectivity index (χ4n) is 1.64. The Kier molecular flexibility index (Phi) is 2.01. The lowest BCUT2D eigenvalue weighted by atomic mass is 10.2. The zero-order valence-corrected chi connectivity index (χ0v) is 8.68. The van der Waals surface area contributed by atoms with Gasteiger partial charge in [-0.15, -0.1) is 5.10 Å². The summed E-state index contributed by atoms with van der Waals surface area (Å²) in [6, 6.07) is 6.16. The van der Waals surface area contributed by atoms with E-state index in [1.165, 1.54) is 18.3 Å². The summed E-state index contributed by atoms with van der Waals surface area (Å²) in [4.78, 5) is 7.29. The van der Waals surface area contributed by atoms with E-state index in [0.29, 0.717) is 22.4 Å². The Bertz CT molecular complexity index is 691. The molecule has 2 aromatic heterocycles. The summed E-state index contributed by atoms with van der Waals surface area (Å²) in [7, 11) is 0. The maximum atomic E-state index is 13.1. The Morgan fingerprint density at radius 3 is 2.94 bits per heavy atom. The third-order valence-corrected chi connectivity index (χ3v) is 2.42. The van der Waals surface area contributed by atoms with Crippen LogP contribution in [0.1, 0.15) is 0 Å².